The largest absolute Gasteiger partial charge is 0.452 e. The van der Waals surface area contributed by atoms with E-state index < -0.39 is 17.4 Å². The first-order valence-corrected chi connectivity index (χ1v) is 10.3. The Morgan fingerprint density at radius 1 is 1.31 bits per heavy atom. The van der Waals surface area contributed by atoms with Crippen LogP contribution < -0.4 is 5.32 Å². The number of nitriles is 1. The smallest absolute Gasteiger partial charge is 0.339 e. The van der Waals surface area contributed by atoms with Crippen molar-refractivity contribution < 1.29 is 14.3 Å². The third kappa shape index (κ3) is 3.82. The molecule has 2 aliphatic rings. The van der Waals surface area contributed by atoms with E-state index >= 15 is 0 Å². The molecule has 1 aromatic carbocycles. The first-order chi connectivity index (χ1) is 14.0. The average Bonchev–Trinajstić information content (AvgIpc) is 3.19. The Kier molecular flexibility index (Phi) is 5.23. The highest BCUT2D eigenvalue weighted by molar-refractivity contribution is 6.05. The highest BCUT2D eigenvalue weighted by Gasteiger charge is 2.35. The van der Waals surface area contributed by atoms with E-state index in [1.807, 2.05) is 24.3 Å². The molecule has 1 atom stereocenters. The minimum atomic E-state index is -0.818. The Labute approximate surface area is 170 Å². The molecule has 1 amide bonds. The summed E-state index contributed by atoms with van der Waals surface area (Å²) < 4.78 is 5.41. The first-order valence-electron chi connectivity index (χ1n) is 10.3. The summed E-state index contributed by atoms with van der Waals surface area (Å²) in [5.74, 6) is -0.456. The van der Waals surface area contributed by atoms with Crippen LogP contribution in [-0.4, -0.2) is 29.0 Å². The molecule has 0 saturated heterocycles. The Morgan fingerprint density at radius 2 is 2.07 bits per heavy atom. The summed E-state index contributed by atoms with van der Waals surface area (Å²) in [7, 11) is 0. The fourth-order valence-electron chi connectivity index (χ4n) is 4.55. The van der Waals surface area contributed by atoms with Crippen LogP contribution in [0.3, 0.4) is 0 Å². The highest BCUT2D eigenvalue weighted by Crippen LogP contribution is 2.32. The lowest BCUT2D eigenvalue weighted by molar-refractivity contribution is -0.125. The third-order valence-corrected chi connectivity index (χ3v) is 6.09. The zero-order chi connectivity index (χ0) is 20.4. The van der Waals surface area contributed by atoms with E-state index in [2.05, 4.69) is 18.3 Å². The number of ether oxygens (including phenoxy) is 1. The molecule has 29 heavy (non-hydrogen) atoms. The van der Waals surface area contributed by atoms with Crippen LogP contribution >= 0.6 is 0 Å². The molecule has 0 aliphatic heterocycles. The Bertz CT molecular complexity index is 1000. The van der Waals surface area contributed by atoms with E-state index in [1.54, 1.807) is 0 Å². The number of pyridine rings is 1. The summed E-state index contributed by atoms with van der Waals surface area (Å²) in [6, 6.07) is 9.77. The fraction of sp³-hybridized carbons (Fsp3) is 0.478. The second-order valence-electron chi connectivity index (χ2n) is 8.30. The lowest BCUT2D eigenvalue weighted by atomic mass is 9.84. The van der Waals surface area contributed by atoms with Gasteiger partial charge in [-0.05, 0) is 62.5 Å². The van der Waals surface area contributed by atoms with E-state index in [4.69, 9.17) is 9.72 Å². The Morgan fingerprint density at radius 3 is 2.83 bits per heavy atom. The predicted octanol–water partition coefficient (Wildman–Crippen LogP) is 3.47. The van der Waals surface area contributed by atoms with Crippen LogP contribution in [0.4, 0.5) is 0 Å². The minimum Gasteiger partial charge on any atom is -0.452 e. The molecule has 1 saturated carbocycles. The lowest BCUT2D eigenvalue weighted by Crippen LogP contribution is -2.46. The van der Waals surface area contributed by atoms with Crippen molar-refractivity contribution in [2.75, 3.05) is 6.61 Å². The van der Waals surface area contributed by atoms with Crippen LogP contribution in [0.1, 0.15) is 60.6 Å². The summed E-state index contributed by atoms with van der Waals surface area (Å²) in [5.41, 5.74) is 2.37. The number of nitrogens with one attached hydrogen (secondary N) is 1. The van der Waals surface area contributed by atoms with Gasteiger partial charge >= 0.3 is 5.97 Å². The van der Waals surface area contributed by atoms with Gasteiger partial charge in [0.05, 0.1) is 17.1 Å². The van der Waals surface area contributed by atoms with Gasteiger partial charge in [-0.15, -0.1) is 0 Å². The average molecular weight is 391 g/mol. The van der Waals surface area contributed by atoms with E-state index in [1.165, 1.54) is 0 Å². The SMILES string of the molecule is C[C@H]1CCc2nc3ccccc3c(C(=O)OCC(=O)NC3(C#N)CCCC3)c2C1. The van der Waals surface area contributed by atoms with Crippen LogP contribution in [0, 0.1) is 17.2 Å². The number of fused-ring (bicyclic) bond motifs is 2. The number of amides is 1. The number of nitrogens with zero attached hydrogens (tertiary/aromatic N) is 2. The van der Waals surface area contributed by atoms with Gasteiger partial charge in [-0.25, -0.2) is 4.79 Å². The van der Waals surface area contributed by atoms with Crippen LogP contribution in [0.25, 0.3) is 10.9 Å². The number of rotatable bonds is 4. The highest BCUT2D eigenvalue weighted by atomic mass is 16.5. The maximum Gasteiger partial charge on any atom is 0.339 e. The number of carbonyl (C=O) groups is 2. The molecule has 1 aromatic heterocycles. The van der Waals surface area contributed by atoms with Gasteiger partial charge in [-0.2, -0.15) is 5.26 Å². The molecular formula is C23H25N3O3. The van der Waals surface area contributed by atoms with Gasteiger partial charge in [-0.3, -0.25) is 9.78 Å². The molecule has 0 spiro atoms. The van der Waals surface area contributed by atoms with E-state index in [9.17, 15) is 14.9 Å². The molecule has 2 aliphatic carbocycles. The van der Waals surface area contributed by atoms with Crippen molar-refractivity contribution >= 4 is 22.8 Å². The number of aromatic nitrogens is 1. The number of esters is 1. The molecule has 6 nitrogen and oxygen atoms in total. The molecule has 4 rings (SSSR count). The molecule has 1 fully saturated rings. The van der Waals surface area contributed by atoms with E-state index in [0.717, 1.165) is 54.3 Å². The maximum absolute atomic E-state index is 13.0. The zero-order valence-corrected chi connectivity index (χ0v) is 16.7. The Balaban J connectivity index is 1.56. The lowest BCUT2D eigenvalue weighted by Gasteiger charge is -2.24. The van der Waals surface area contributed by atoms with Gasteiger partial charge in [0.1, 0.15) is 5.54 Å². The van der Waals surface area contributed by atoms with Crippen molar-refractivity contribution in [2.45, 2.75) is 57.4 Å². The van der Waals surface area contributed by atoms with E-state index in [0.29, 0.717) is 24.3 Å². The molecule has 2 aromatic rings. The number of carbonyl (C=O) groups excluding carboxylic acids is 2. The standard InChI is InChI=1S/C23H25N3O3/c1-15-8-9-19-17(12-15)21(16-6-2-3-7-18(16)25-19)22(28)29-13-20(27)26-23(14-24)10-4-5-11-23/h2-3,6-7,15H,4-5,8-13H2,1H3,(H,26,27)/t15-/m0/s1. The van der Waals surface area contributed by atoms with Crippen LogP contribution in [0.15, 0.2) is 24.3 Å². The van der Waals surface area contributed by atoms with Crippen molar-refractivity contribution in [3.05, 3.63) is 41.1 Å². The normalized spacial score (nSPS) is 19.9. The van der Waals surface area contributed by atoms with Crippen molar-refractivity contribution in [2.24, 2.45) is 5.92 Å². The van der Waals surface area contributed by atoms with Crippen molar-refractivity contribution in [3.63, 3.8) is 0 Å². The third-order valence-electron chi connectivity index (χ3n) is 6.09. The molecule has 0 bridgehead atoms. The second kappa shape index (κ2) is 7.82. The molecule has 1 N–H and O–H groups in total. The van der Waals surface area contributed by atoms with Gasteiger partial charge in [0, 0.05) is 11.1 Å². The minimum absolute atomic E-state index is 0.386. The molecule has 6 heteroatoms. The Hall–Kier alpha value is -2.94. The predicted molar refractivity (Wildman–Crippen MR) is 108 cm³/mol. The van der Waals surface area contributed by atoms with Gasteiger partial charge in [0.25, 0.3) is 5.91 Å². The summed E-state index contributed by atoms with van der Waals surface area (Å²) in [4.78, 5) is 30.1. The van der Waals surface area contributed by atoms with Crippen LogP contribution in [0.2, 0.25) is 0 Å². The number of aryl methyl sites for hydroxylation is 1. The van der Waals surface area contributed by atoms with Crippen LogP contribution in [0.5, 0.6) is 0 Å². The number of para-hydroxylation sites is 1. The van der Waals surface area contributed by atoms with Gasteiger partial charge in [-0.1, -0.05) is 25.1 Å². The fourth-order valence-corrected chi connectivity index (χ4v) is 4.55. The zero-order valence-electron chi connectivity index (χ0n) is 16.7. The van der Waals surface area contributed by atoms with Crippen molar-refractivity contribution in [3.8, 4) is 6.07 Å². The summed E-state index contributed by atoms with van der Waals surface area (Å²) in [6.07, 6.45) is 5.79. The van der Waals surface area contributed by atoms with Gasteiger partial charge < -0.3 is 10.1 Å². The first kappa shape index (κ1) is 19.4. The molecule has 0 unspecified atom stereocenters. The van der Waals surface area contributed by atoms with Crippen molar-refractivity contribution in [1.29, 1.82) is 5.26 Å². The van der Waals surface area contributed by atoms with Crippen LogP contribution in [-0.2, 0) is 22.4 Å². The quantitative estimate of drug-likeness (QED) is 0.806. The topological polar surface area (TPSA) is 92.1 Å². The summed E-state index contributed by atoms with van der Waals surface area (Å²) >= 11 is 0. The van der Waals surface area contributed by atoms with E-state index in [-0.39, 0.29) is 6.61 Å². The van der Waals surface area contributed by atoms with Gasteiger partial charge in [0.2, 0.25) is 0 Å². The molecule has 1 heterocycles. The maximum atomic E-state index is 13.0. The molecular weight excluding hydrogens is 366 g/mol. The second-order valence-corrected chi connectivity index (χ2v) is 8.30. The molecule has 150 valence electrons. The van der Waals surface area contributed by atoms with Crippen molar-refractivity contribution in [1.82, 2.24) is 10.3 Å². The number of hydrogen-bond acceptors (Lipinski definition) is 5. The summed E-state index contributed by atoms with van der Waals surface area (Å²) in [5, 5.41) is 12.9. The monoisotopic (exact) mass is 391 g/mol. The van der Waals surface area contributed by atoms with Gasteiger partial charge in [0.15, 0.2) is 6.61 Å². The summed E-state index contributed by atoms with van der Waals surface area (Å²) in [6.45, 7) is 1.78. The number of hydrogen-bond donors (Lipinski definition) is 1. The molecule has 0 radical (unpaired) electrons. The number of benzene rings is 1.